The van der Waals surface area contributed by atoms with Crippen molar-refractivity contribution in [1.29, 1.82) is 0 Å². The zero-order valence-electron chi connectivity index (χ0n) is 9.15. The molecule has 5 heteroatoms. The third-order valence-corrected chi connectivity index (χ3v) is 2.73. The maximum Gasteiger partial charge on any atom is 0.321 e. The van der Waals surface area contributed by atoms with E-state index in [0.717, 1.165) is 11.1 Å². The number of nitrogens with zero attached hydrogens (tertiary/aromatic N) is 2. The molecule has 2 rings (SSSR count). The fraction of sp³-hybridized carbons (Fsp3) is 0.167. The van der Waals surface area contributed by atoms with Crippen molar-refractivity contribution >= 4 is 23.2 Å². The van der Waals surface area contributed by atoms with Gasteiger partial charge in [-0.15, -0.1) is 11.6 Å². The summed E-state index contributed by atoms with van der Waals surface area (Å²) >= 11 is 11.7. The quantitative estimate of drug-likeness (QED) is 0.791. The highest BCUT2D eigenvalue weighted by atomic mass is 35.5. The number of aromatic nitrogens is 2. The molecule has 17 heavy (non-hydrogen) atoms. The molecule has 0 aliphatic rings. The Bertz CT molecular complexity index is 514. The van der Waals surface area contributed by atoms with Crippen molar-refractivity contribution in [3.63, 3.8) is 0 Å². The molecule has 0 N–H and O–H groups in total. The standard InChI is InChI=1S/C12H10Cl2N2O/c1-8-2-3-11(10(14)4-8)17-12-15-6-9(5-13)7-16-12/h2-4,6-7H,5H2,1H3. The molecule has 0 aliphatic heterocycles. The first-order valence-electron chi connectivity index (χ1n) is 5.00. The molecule has 0 unspecified atom stereocenters. The average Bonchev–Trinajstić information content (AvgIpc) is 2.34. The van der Waals surface area contributed by atoms with Crippen LogP contribution in [0.1, 0.15) is 11.1 Å². The average molecular weight is 269 g/mol. The number of hydrogen-bond donors (Lipinski definition) is 0. The first-order chi connectivity index (χ1) is 8.19. The highest BCUT2D eigenvalue weighted by Gasteiger charge is 2.05. The Labute approximate surface area is 109 Å². The van der Waals surface area contributed by atoms with Gasteiger partial charge >= 0.3 is 6.01 Å². The highest BCUT2D eigenvalue weighted by molar-refractivity contribution is 6.32. The topological polar surface area (TPSA) is 35.0 Å². The van der Waals surface area contributed by atoms with Gasteiger partial charge in [0.25, 0.3) is 0 Å². The fourth-order valence-electron chi connectivity index (χ4n) is 1.25. The minimum atomic E-state index is 0.254. The third-order valence-electron chi connectivity index (χ3n) is 2.12. The maximum absolute atomic E-state index is 6.04. The Hall–Kier alpha value is -1.32. The molecule has 3 nitrogen and oxygen atoms in total. The summed E-state index contributed by atoms with van der Waals surface area (Å²) in [6, 6.07) is 5.78. The van der Waals surface area contributed by atoms with E-state index >= 15 is 0 Å². The largest absolute Gasteiger partial charge is 0.423 e. The predicted octanol–water partition coefficient (Wildman–Crippen LogP) is 3.97. The molecule has 0 saturated heterocycles. The summed E-state index contributed by atoms with van der Waals surface area (Å²) in [5.74, 6) is 0.918. The lowest BCUT2D eigenvalue weighted by molar-refractivity contribution is 0.441. The summed E-state index contributed by atoms with van der Waals surface area (Å²) in [6.07, 6.45) is 3.24. The van der Waals surface area contributed by atoms with Gasteiger partial charge in [0.1, 0.15) is 5.75 Å². The lowest BCUT2D eigenvalue weighted by Crippen LogP contribution is -1.93. The molecule has 1 aromatic heterocycles. The summed E-state index contributed by atoms with van der Waals surface area (Å²) < 4.78 is 5.47. The summed E-state index contributed by atoms with van der Waals surface area (Å²) in [6.45, 7) is 1.96. The Balaban J connectivity index is 2.19. The van der Waals surface area contributed by atoms with E-state index in [0.29, 0.717) is 16.7 Å². The summed E-state index contributed by atoms with van der Waals surface area (Å²) in [5, 5.41) is 0.537. The van der Waals surface area contributed by atoms with Gasteiger partial charge in [-0.2, -0.15) is 0 Å². The van der Waals surface area contributed by atoms with Crippen molar-refractivity contribution in [1.82, 2.24) is 9.97 Å². The van der Waals surface area contributed by atoms with Gasteiger partial charge in [-0.05, 0) is 24.6 Å². The molecule has 0 saturated carbocycles. The van der Waals surface area contributed by atoms with Crippen molar-refractivity contribution in [2.45, 2.75) is 12.8 Å². The lowest BCUT2D eigenvalue weighted by Gasteiger charge is -2.06. The van der Waals surface area contributed by atoms with Gasteiger partial charge in [-0.25, -0.2) is 9.97 Å². The van der Waals surface area contributed by atoms with E-state index in [1.54, 1.807) is 18.5 Å². The lowest BCUT2D eigenvalue weighted by atomic mass is 10.2. The van der Waals surface area contributed by atoms with Crippen LogP contribution in [0.5, 0.6) is 11.8 Å². The van der Waals surface area contributed by atoms with E-state index in [-0.39, 0.29) is 6.01 Å². The van der Waals surface area contributed by atoms with Crippen LogP contribution in [0.15, 0.2) is 30.6 Å². The monoisotopic (exact) mass is 268 g/mol. The predicted molar refractivity (Wildman–Crippen MR) is 67.9 cm³/mol. The van der Waals surface area contributed by atoms with Gasteiger partial charge in [-0.3, -0.25) is 0 Å². The van der Waals surface area contributed by atoms with Crippen molar-refractivity contribution < 1.29 is 4.74 Å². The second-order valence-electron chi connectivity index (χ2n) is 3.54. The van der Waals surface area contributed by atoms with Crippen molar-refractivity contribution in [2.75, 3.05) is 0 Å². The molecule has 0 fully saturated rings. The zero-order valence-corrected chi connectivity index (χ0v) is 10.7. The molecular formula is C12H10Cl2N2O. The number of halogens is 2. The fourth-order valence-corrected chi connectivity index (χ4v) is 1.66. The molecule has 0 bridgehead atoms. The van der Waals surface area contributed by atoms with Crippen LogP contribution in [0, 0.1) is 6.92 Å². The van der Waals surface area contributed by atoms with Gasteiger partial charge in [0.15, 0.2) is 0 Å². The first-order valence-corrected chi connectivity index (χ1v) is 5.91. The Morgan fingerprint density at radius 3 is 2.53 bits per heavy atom. The van der Waals surface area contributed by atoms with Crippen LogP contribution in [0.4, 0.5) is 0 Å². The molecular weight excluding hydrogens is 259 g/mol. The molecule has 1 aromatic carbocycles. The van der Waals surface area contributed by atoms with Gasteiger partial charge in [0, 0.05) is 18.0 Å². The number of alkyl halides is 1. The second-order valence-corrected chi connectivity index (χ2v) is 4.22. The molecule has 0 atom stereocenters. The van der Waals surface area contributed by atoms with Gasteiger partial charge in [-0.1, -0.05) is 17.7 Å². The minimum Gasteiger partial charge on any atom is -0.423 e. The van der Waals surface area contributed by atoms with E-state index in [2.05, 4.69) is 9.97 Å². The summed E-state index contributed by atoms with van der Waals surface area (Å²) in [4.78, 5) is 8.06. The van der Waals surface area contributed by atoms with Gasteiger partial charge in [0.05, 0.1) is 10.9 Å². The van der Waals surface area contributed by atoms with Crippen LogP contribution in [0.2, 0.25) is 5.02 Å². The Kier molecular flexibility index (Phi) is 3.82. The van der Waals surface area contributed by atoms with Crippen molar-refractivity contribution in [2.24, 2.45) is 0 Å². The van der Waals surface area contributed by atoms with Crippen LogP contribution >= 0.6 is 23.2 Å². The van der Waals surface area contributed by atoms with E-state index in [1.165, 1.54) is 0 Å². The Morgan fingerprint density at radius 1 is 1.24 bits per heavy atom. The van der Waals surface area contributed by atoms with E-state index in [9.17, 15) is 0 Å². The Morgan fingerprint density at radius 2 is 1.94 bits per heavy atom. The van der Waals surface area contributed by atoms with Crippen LogP contribution in [-0.4, -0.2) is 9.97 Å². The minimum absolute atomic E-state index is 0.254. The molecule has 0 spiro atoms. The van der Waals surface area contributed by atoms with Gasteiger partial charge in [0.2, 0.25) is 0 Å². The van der Waals surface area contributed by atoms with Crippen molar-refractivity contribution in [3.05, 3.63) is 46.7 Å². The van der Waals surface area contributed by atoms with Crippen LogP contribution in [0.25, 0.3) is 0 Å². The zero-order chi connectivity index (χ0) is 12.3. The summed E-state index contributed by atoms with van der Waals surface area (Å²) in [7, 11) is 0. The number of rotatable bonds is 3. The molecule has 1 heterocycles. The molecule has 0 amide bonds. The molecule has 0 radical (unpaired) electrons. The van der Waals surface area contributed by atoms with E-state index < -0.39 is 0 Å². The number of benzene rings is 1. The number of hydrogen-bond acceptors (Lipinski definition) is 3. The van der Waals surface area contributed by atoms with Crippen molar-refractivity contribution in [3.8, 4) is 11.8 Å². The number of aryl methyl sites for hydroxylation is 1. The maximum atomic E-state index is 6.04. The second kappa shape index (κ2) is 5.34. The van der Waals surface area contributed by atoms with Crippen LogP contribution in [-0.2, 0) is 5.88 Å². The smallest absolute Gasteiger partial charge is 0.321 e. The van der Waals surface area contributed by atoms with E-state index in [4.69, 9.17) is 27.9 Å². The number of ether oxygens (including phenoxy) is 1. The SMILES string of the molecule is Cc1ccc(Oc2ncc(CCl)cn2)c(Cl)c1. The third kappa shape index (κ3) is 3.08. The normalized spacial score (nSPS) is 10.3. The van der Waals surface area contributed by atoms with Crippen LogP contribution in [0.3, 0.4) is 0 Å². The molecule has 2 aromatic rings. The van der Waals surface area contributed by atoms with Gasteiger partial charge < -0.3 is 4.74 Å². The summed E-state index contributed by atoms with van der Waals surface area (Å²) in [5.41, 5.74) is 1.91. The first kappa shape index (κ1) is 12.1. The molecule has 0 aliphatic carbocycles. The van der Waals surface area contributed by atoms with E-state index in [1.807, 2.05) is 19.1 Å². The van der Waals surface area contributed by atoms with Crippen LogP contribution < -0.4 is 4.74 Å². The highest BCUT2D eigenvalue weighted by Crippen LogP contribution is 2.28. The molecule has 88 valence electrons.